The lowest BCUT2D eigenvalue weighted by Gasteiger charge is -2.14. The third kappa shape index (κ3) is 4.71. The van der Waals surface area contributed by atoms with Gasteiger partial charge in [0, 0.05) is 13.8 Å². The second-order valence-corrected chi connectivity index (χ2v) is 2.37. The van der Waals surface area contributed by atoms with Gasteiger partial charge in [-0.3, -0.25) is 4.79 Å². The molecule has 70 valence electrons. The van der Waals surface area contributed by atoms with Crippen LogP contribution in [0.2, 0.25) is 0 Å². The molecule has 0 aliphatic rings. The molecular weight excluding hydrogens is 159 g/mol. The van der Waals surface area contributed by atoms with E-state index in [9.17, 15) is 9.59 Å². The molecule has 0 aromatic rings. The molecule has 0 saturated heterocycles. The van der Waals surface area contributed by atoms with Gasteiger partial charge in [0.2, 0.25) is 5.91 Å². The monoisotopic (exact) mass is 179 g/mol. The van der Waals surface area contributed by atoms with Crippen molar-refractivity contribution in [3.63, 3.8) is 0 Å². The predicted molar refractivity (Wildman–Crippen MR) is 44.7 cm³/mol. The average molecular weight is 179 g/mol. The average Bonchev–Trinajstić information content (AvgIpc) is 2.10. The smallest absolute Gasteiger partial charge is 0.326 e. The van der Waals surface area contributed by atoms with Crippen LogP contribution in [0.5, 0.6) is 0 Å². The Bertz CT molecular complexity index is 315. The van der Waals surface area contributed by atoms with E-state index in [1.807, 2.05) is 5.32 Å². The second-order valence-electron chi connectivity index (χ2n) is 2.37. The van der Waals surface area contributed by atoms with Crippen molar-refractivity contribution in [2.24, 2.45) is 5.89 Å². The SMILES string of the molecule is [2H][C@@H]([C@H](NC(C)=O)C(=O)O)[C@]([2H])([13CH3])C([2H])([2H])[2H]. The third-order valence-electron chi connectivity index (χ3n) is 1.04. The summed E-state index contributed by atoms with van der Waals surface area (Å²) in [6, 6.07) is -1.73. The Morgan fingerprint density at radius 2 is 2.42 bits per heavy atom. The first kappa shape index (κ1) is 4.84. The minimum atomic E-state index is -2.81. The quantitative estimate of drug-likeness (QED) is 0.622. The fourth-order valence-corrected chi connectivity index (χ4v) is 0.644. The Morgan fingerprint density at radius 3 is 2.75 bits per heavy atom. The molecule has 12 heavy (non-hydrogen) atoms. The molecule has 0 aromatic carbocycles. The summed E-state index contributed by atoms with van der Waals surface area (Å²) < 4.78 is 36.5. The maximum Gasteiger partial charge on any atom is 0.326 e. The molecule has 0 fully saturated rings. The van der Waals surface area contributed by atoms with E-state index in [1.54, 1.807) is 0 Å². The summed E-state index contributed by atoms with van der Waals surface area (Å²) >= 11 is 0. The summed E-state index contributed by atoms with van der Waals surface area (Å²) in [5.41, 5.74) is 0. The summed E-state index contributed by atoms with van der Waals surface area (Å²) in [5, 5.41) is 10.8. The van der Waals surface area contributed by atoms with Gasteiger partial charge in [0.25, 0.3) is 0 Å². The molecule has 0 heterocycles. The molecular formula is C8H15NO3. The van der Waals surface area contributed by atoms with Crippen molar-refractivity contribution in [1.29, 1.82) is 0 Å². The summed E-state index contributed by atoms with van der Waals surface area (Å²) in [7, 11) is 0. The highest BCUT2D eigenvalue weighted by molar-refractivity contribution is 5.81. The van der Waals surface area contributed by atoms with Gasteiger partial charge in [-0.05, 0) is 12.3 Å². The van der Waals surface area contributed by atoms with Gasteiger partial charge in [-0.15, -0.1) is 0 Å². The molecule has 0 aliphatic carbocycles. The number of carbonyl (C=O) groups excluding carboxylic acids is 1. The van der Waals surface area contributed by atoms with E-state index in [4.69, 9.17) is 12.0 Å². The van der Waals surface area contributed by atoms with Gasteiger partial charge in [0.15, 0.2) is 0 Å². The fraction of sp³-hybridized carbons (Fsp3) is 0.750. The van der Waals surface area contributed by atoms with E-state index in [0.717, 1.165) is 13.8 Å². The van der Waals surface area contributed by atoms with Gasteiger partial charge in [-0.2, -0.15) is 0 Å². The first-order valence-corrected chi connectivity index (χ1v) is 3.33. The number of hydrogen-bond donors (Lipinski definition) is 2. The van der Waals surface area contributed by atoms with E-state index in [0.29, 0.717) is 0 Å². The number of nitrogens with one attached hydrogen (secondary N) is 1. The number of aliphatic carboxylic acids is 1. The molecule has 0 aliphatic heterocycles. The van der Waals surface area contributed by atoms with Crippen molar-refractivity contribution in [2.75, 3.05) is 0 Å². The first-order chi connectivity index (χ1) is 7.41. The largest absolute Gasteiger partial charge is 0.480 e. The van der Waals surface area contributed by atoms with Crippen molar-refractivity contribution >= 4 is 11.9 Å². The maximum atomic E-state index is 10.8. The van der Waals surface area contributed by atoms with Crippen LogP contribution in [0.1, 0.15) is 34.0 Å². The summed E-state index contributed by atoms with van der Waals surface area (Å²) in [6.07, 6.45) is -1.81. The summed E-state index contributed by atoms with van der Waals surface area (Å²) in [4.78, 5) is 21.6. The molecule has 4 heteroatoms. The molecule has 0 aromatic heterocycles. The lowest BCUT2D eigenvalue weighted by Crippen LogP contribution is -2.40. The number of rotatable bonds is 4. The minimum absolute atomic E-state index is 0.698. The van der Waals surface area contributed by atoms with Gasteiger partial charge in [-0.25, -0.2) is 4.79 Å². The molecule has 3 atom stereocenters. The second kappa shape index (κ2) is 4.74. The van der Waals surface area contributed by atoms with Gasteiger partial charge in [0.05, 0.1) is 0 Å². The van der Waals surface area contributed by atoms with Crippen molar-refractivity contribution < 1.29 is 21.5 Å². The predicted octanol–water partition coefficient (Wildman–Crippen LogP) is 0.622. The van der Waals surface area contributed by atoms with Gasteiger partial charge >= 0.3 is 5.97 Å². The van der Waals surface area contributed by atoms with Crippen LogP contribution in [0.15, 0.2) is 0 Å². The highest BCUT2D eigenvalue weighted by atomic mass is 16.4. The molecule has 0 radical (unpaired) electrons. The third-order valence-corrected chi connectivity index (χ3v) is 1.04. The van der Waals surface area contributed by atoms with Crippen molar-refractivity contribution in [1.82, 2.24) is 5.32 Å². The highest BCUT2D eigenvalue weighted by Gasteiger charge is 2.18. The molecule has 0 bridgehead atoms. The maximum absolute atomic E-state index is 10.8. The van der Waals surface area contributed by atoms with Crippen molar-refractivity contribution in [3.8, 4) is 0 Å². The molecule has 0 spiro atoms. The van der Waals surface area contributed by atoms with E-state index >= 15 is 0 Å². The number of amides is 1. The van der Waals surface area contributed by atoms with Crippen LogP contribution in [0.25, 0.3) is 0 Å². The summed E-state index contributed by atoms with van der Waals surface area (Å²) in [5.74, 6) is -4.53. The number of hydrogen-bond acceptors (Lipinski definition) is 2. The van der Waals surface area contributed by atoms with Crippen LogP contribution in [0, 0.1) is 5.89 Å². The normalized spacial score (nSPS) is 27.3. The molecule has 1 amide bonds. The van der Waals surface area contributed by atoms with Crippen molar-refractivity contribution in [2.45, 2.75) is 33.1 Å². The Morgan fingerprint density at radius 1 is 1.83 bits per heavy atom. The molecule has 2 N–H and O–H groups in total. The zero-order chi connectivity index (χ0) is 14.0. The van der Waals surface area contributed by atoms with Crippen LogP contribution in [0.4, 0.5) is 0 Å². The number of carboxylic acids is 1. The Kier molecular flexibility index (Phi) is 1.91. The van der Waals surface area contributed by atoms with Crippen LogP contribution in [-0.2, 0) is 9.59 Å². The molecule has 4 nitrogen and oxygen atoms in total. The Labute approximate surface area is 79.0 Å². The number of carbonyl (C=O) groups is 2. The fourth-order valence-electron chi connectivity index (χ4n) is 0.644. The first-order valence-electron chi connectivity index (χ1n) is 5.91. The van der Waals surface area contributed by atoms with Crippen LogP contribution in [-0.4, -0.2) is 23.0 Å². The minimum Gasteiger partial charge on any atom is -0.480 e. The van der Waals surface area contributed by atoms with Crippen molar-refractivity contribution in [3.05, 3.63) is 0 Å². The molecule has 0 unspecified atom stereocenters. The van der Waals surface area contributed by atoms with Gasteiger partial charge < -0.3 is 10.4 Å². The van der Waals surface area contributed by atoms with Crippen LogP contribution in [0.3, 0.4) is 0 Å². The lowest BCUT2D eigenvalue weighted by molar-refractivity contribution is -0.142. The van der Waals surface area contributed by atoms with Crippen LogP contribution >= 0.6 is 0 Å². The summed E-state index contributed by atoms with van der Waals surface area (Å²) in [6.45, 7) is -0.805. The molecule has 0 rings (SSSR count). The molecule has 0 saturated carbocycles. The highest BCUT2D eigenvalue weighted by Crippen LogP contribution is 2.04. The van der Waals surface area contributed by atoms with E-state index in [2.05, 4.69) is 0 Å². The Hall–Kier alpha value is -1.06. The van der Waals surface area contributed by atoms with Crippen LogP contribution < -0.4 is 5.32 Å². The topological polar surface area (TPSA) is 66.4 Å². The van der Waals surface area contributed by atoms with E-state index in [1.165, 1.54) is 0 Å². The van der Waals surface area contributed by atoms with Gasteiger partial charge in [-0.1, -0.05) is 13.8 Å². The van der Waals surface area contributed by atoms with Gasteiger partial charge in [0.1, 0.15) is 6.04 Å². The lowest BCUT2D eigenvalue weighted by atomic mass is 10.1. The Balaban J connectivity index is 5.15. The standard InChI is InChI=1S/C8H15NO3/c1-5(2)4-7(8(11)12)9-6(3)10/h5,7H,4H2,1-3H3,(H,9,10)(H,11,12)/t7-/m0/s1/i1D3,2+1,4D,5D/t4-,5+,7+/m1. The number of carboxylic acid groups (broad SMARTS) is 1. The zero-order valence-corrected chi connectivity index (χ0v) is 6.92. The van der Waals surface area contributed by atoms with E-state index in [-0.39, 0.29) is 0 Å². The van der Waals surface area contributed by atoms with E-state index < -0.39 is 37.1 Å². The zero-order valence-electron chi connectivity index (χ0n) is 11.9.